The summed E-state index contributed by atoms with van der Waals surface area (Å²) < 4.78 is 0. The zero-order chi connectivity index (χ0) is 16.5. The molecule has 1 aliphatic rings. The number of nitrogens with one attached hydrogen (secondary N) is 1. The molecule has 0 spiro atoms. The maximum absolute atomic E-state index is 6.33. The molecule has 3 aromatic rings. The van der Waals surface area contributed by atoms with Crippen molar-refractivity contribution >= 4 is 51.7 Å². The van der Waals surface area contributed by atoms with E-state index in [1.54, 1.807) is 0 Å². The van der Waals surface area contributed by atoms with Crippen molar-refractivity contribution in [2.24, 2.45) is 0 Å². The van der Waals surface area contributed by atoms with Crippen molar-refractivity contribution in [3.05, 3.63) is 40.8 Å². The molecule has 0 amide bonds. The van der Waals surface area contributed by atoms with Gasteiger partial charge in [0.15, 0.2) is 28.0 Å². The van der Waals surface area contributed by atoms with E-state index in [1.165, 1.54) is 0 Å². The minimum atomic E-state index is 0.159. The highest BCUT2D eigenvalue weighted by Crippen LogP contribution is 2.30. The van der Waals surface area contributed by atoms with Crippen LogP contribution in [-0.2, 0) is 0 Å². The third-order valence-electron chi connectivity index (χ3n) is 3.89. The van der Waals surface area contributed by atoms with Crippen LogP contribution in [0.3, 0.4) is 0 Å². The van der Waals surface area contributed by atoms with Crippen molar-refractivity contribution in [3.8, 4) is 0 Å². The molecule has 1 N–H and O–H groups in total. The molecule has 1 saturated heterocycles. The summed E-state index contributed by atoms with van der Waals surface area (Å²) in [6.07, 6.45) is 2.25. The van der Waals surface area contributed by atoms with Crippen molar-refractivity contribution in [1.29, 1.82) is 0 Å². The first-order valence-electron chi connectivity index (χ1n) is 7.68. The van der Waals surface area contributed by atoms with Gasteiger partial charge in [-0.1, -0.05) is 29.8 Å². The van der Waals surface area contributed by atoms with Crippen LogP contribution in [0.4, 0.5) is 17.3 Å². The van der Waals surface area contributed by atoms with E-state index >= 15 is 0 Å². The molecule has 1 aliphatic heterocycles. The molecule has 2 aromatic heterocycles. The highest BCUT2D eigenvalue weighted by Gasteiger charge is 2.21. The van der Waals surface area contributed by atoms with Gasteiger partial charge in [-0.2, -0.15) is 9.97 Å². The second-order valence-corrected chi connectivity index (χ2v) is 6.23. The summed E-state index contributed by atoms with van der Waals surface area (Å²) in [6, 6.07) is 9.63. The Bertz CT molecular complexity index is 881. The number of hydrogen-bond acceptors (Lipinski definition) is 6. The predicted octanol–water partition coefficient (Wildman–Crippen LogP) is 4.07. The summed E-state index contributed by atoms with van der Waals surface area (Å²) in [7, 11) is 0. The first kappa shape index (κ1) is 15.4. The second kappa shape index (κ2) is 6.37. The van der Waals surface area contributed by atoms with Crippen LogP contribution in [-0.4, -0.2) is 33.0 Å². The number of aromatic nitrogens is 4. The minimum Gasteiger partial charge on any atom is -0.355 e. The average molecular weight is 361 g/mol. The lowest BCUT2D eigenvalue weighted by molar-refractivity contribution is 0.933. The quantitative estimate of drug-likeness (QED) is 0.710. The lowest BCUT2D eigenvalue weighted by atomic mass is 10.3. The van der Waals surface area contributed by atoms with E-state index in [1.807, 2.05) is 30.3 Å². The van der Waals surface area contributed by atoms with Gasteiger partial charge in [-0.25, -0.2) is 9.97 Å². The van der Waals surface area contributed by atoms with Gasteiger partial charge in [0.25, 0.3) is 0 Å². The Morgan fingerprint density at radius 1 is 0.917 bits per heavy atom. The van der Waals surface area contributed by atoms with E-state index < -0.39 is 0 Å². The second-order valence-electron chi connectivity index (χ2n) is 5.54. The van der Waals surface area contributed by atoms with Crippen molar-refractivity contribution in [2.75, 3.05) is 23.3 Å². The summed E-state index contributed by atoms with van der Waals surface area (Å²) in [6.45, 7) is 1.84. The summed E-state index contributed by atoms with van der Waals surface area (Å²) in [5, 5.41) is 3.58. The number of benzene rings is 1. The predicted molar refractivity (Wildman–Crippen MR) is 96.3 cm³/mol. The Hall–Kier alpha value is -2.18. The van der Waals surface area contributed by atoms with Crippen LogP contribution in [0.5, 0.6) is 0 Å². The van der Waals surface area contributed by atoms with Crippen LogP contribution in [0.15, 0.2) is 30.3 Å². The van der Waals surface area contributed by atoms with Crippen LogP contribution in [0, 0.1) is 0 Å². The number of para-hydroxylation sites is 1. The Morgan fingerprint density at radius 2 is 1.67 bits per heavy atom. The van der Waals surface area contributed by atoms with Crippen LogP contribution < -0.4 is 10.2 Å². The normalized spacial score (nSPS) is 14.3. The molecule has 3 heterocycles. The Labute approximate surface area is 148 Å². The molecule has 6 nitrogen and oxygen atoms in total. The lowest BCUT2D eigenvalue weighted by Gasteiger charge is -2.18. The molecule has 1 fully saturated rings. The van der Waals surface area contributed by atoms with Crippen molar-refractivity contribution in [1.82, 2.24) is 19.9 Å². The molecule has 4 rings (SSSR count). The Balaban J connectivity index is 1.80. The van der Waals surface area contributed by atoms with E-state index in [-0.39, 0.29) is 10.4 Å². The lowest BCUT2D eigenvalue weighted by Crippen LogP contribution is -2.20. The van der Waals surface area contributed by atoms with Crippen LogP contribution in [0.1, 0.15) is 12.8 Å². The molecule has 122 valence electrons. The zero-order valence-electron chi connectivity index (χ0n) is 12.7. The van der Waals surface area contributed by atoms with Gasteiger partial charge in [0.05, 0.1) is 0 Å². The van der Waals surface area contributed by atoms with Crippen LogP contribution in [0.2, 0.25) is 10.4 Å². The van der Waals surface area contributed by atoms with Crippen LogP contribution >= 0.6 is 23.2 Å². The summed E-state index contributed by atoms with van der Waals surface area (Å²) in [5.41, 5.74) is 1.87. The van der Waals surface area contributed by atoms with Gasteiger partial charge in [0.1, 0.15) is 0 Å². The van der Waals surface area contributed by atoms with E-state index in [0.29, 0.717) is 22.8 Å². The maximum atomic E-state index is 6.33. The average Bonchev–Trinajstić information content (AvgIpc) is 3.11. The molecule has 0 bridgehead atoms. The smallest absolute Gasteiger partial charge is 0.226 e. The van der Waals surface area contributed by atoms with Crippen molar-refractivity contribution in [2.45, 2.75) is 12.8 Å². The van der Waals surface area contributed by atoms with Gasteiger partial charge in [-0.3, -0.25) is 0 Å². The van der Waals surface area contributed by atoms with E-state index in [9.17, 15) is 0 Å². The highest BCUT2D eigenvalue weighted by molar-refractivity contribution is 6.32. The minimum absolute atomic E-state index is 0.159. The number of hydrogen-bond donors (Lipinski definition) is 1. The molecule has 8 heteroatoms. The number of nitrogens with zero attached hydrogens (tertiary/aromatic N) is 5. The third-order valence-corrected chi connectivity index (χ3v) is 4.32. The summed E-state index contributed by atoms with van der Waals surface area (Å²) in [5.74, 6) is 1.14. The van der Waals surface area contributed by atoms with Crippen LogP contribution in [0.25, 0.3) is 11.2 Å². The summed E-state index contributed by atoms with van der Waals surface area (Å²) >= 11 is 12.4. The highest BCUT2D eigenvalue weighted by atomic mass is 35.5. The fourth-order valence-electron chi connectivity index (χ4n) is 2.77. The Kier molecular flexibility index (Phi) is 4.08. The van der Waals surface area contributed by atoms with E-state index in [0.717, 1.165) is 31.6 Å². The fourth-order valence-corrected chi connectivity index (χ4v) is 3.11. The van der Waals surface area contributed by atoms with Crippen molar-refractivity contribution < 1.29 is 0 Å². The molecule has 0 radical (unpaired) electrons. The topological polar surface area (TPSA) is 66.8 Å². The number of anilines is 3. The van der Waals surface area contributed by atoms with Gasteiger partial charge in [0.2, 0.25) is 5.28 Å². The SMILES string of the molecule is Clc1nc(N2CCCC2)c2nc(Cl)c(Nc3ccccc3)nc2n1. The van der Waals surface area contributed by atoms with Gasteiger partial charge in [-0.05, 0) is 36.6 Å². The first-order valence-corrected chi connectivity index (χ1v) is 8.44. The van der Waals surface area contributed by atoms with Crippen molar-refractivity contribution in [3.63, 3.8) is 0 Å². The molecule has 1 aromatic carbocycles. The molecule has 0 aliphatic carbocycles. The molecular weight excluding hydrogens is 347 g/mol. The fraction of sp³-hybridized carbons (Fsp3) is 0.250. The third kappa shape index (κ3) is 2.95. The first-order chi connectivity index (χ1) is 11.7. The number of fused-ring (bicyclic) bond motifs is 1. The summed E-state index contributed by atoms with van der Waals surface area (Å²) in [4.78, 5) is 19.7. The Morgan fingerprint density at radius 3 is 2.42 bits per heavy atom. The molecule has 0 unspecified atom stereocenters. The molecule has 0 atom stereocenters. The molecule has 0 saturated carbocycles. The van der Waals surface area contributed by atoms with E-state index in [4.69, 9.17) is 23.2 Å². The maximum Gasteiger partial charge on any atom is 0.226 e. The van der Waals surface area contributed by atoms with Gasteiger partial charge in [0, 0.05) is 18.8 Å². The van der Waals surface area contributed by atoms with Gasteiger partial charge in [-0.15, -0.1) is 0 Å². The molecular formula is C16H14Cl2N6. The van der Waals surface area contributed by atoms with Gasteiger partial charge < -0.3 is 10.2 Å². The largest absolute Gasteiger partial charge is 0.355 e. The molecule has 24 heavy (non-hydrogen) atoms. The number of rotatable bonds is 3. The monoisotopic (exact) mass is 360 g/mol. The number of halogens is 2. The standard InChI is InChI=1S/C16H14Cl2N6/c17-12-14(19-10-6-2-1-3-7-10)21-13-11(20-12)15(23-16(18)22-13)24-8-4-5-9-24/h1-3,6-7H,4-5,8-9H2,(H,19,21,22,23). The van der Waals surface area contributed by atoms with E-state index in [2.05, 4.69) is 30.2 Å². The van der Waals surface area contributed by atoms with Gasteiger partial charge >= 0.3 is 0 Å². The zero-order valence-corrected chi connectivity index (χ0v) is 14.2.